The van der Waals surface area contributed by atoms with Crippen molar-refractivity contribution in [1.82, 2.24) is 14.3 Å². The Morgan fingerprint density at radius 1 is 1.17 bits per heavy atom. The normalized spacial score (nSPS) is 15.3. The van der Waals surface area contributed by atoms with Crippen LogP contribution in [0.1, 0.15) is 18.5 Å². The second-order valence-corrected chi connectivity index (χ2v) is 13.2. The number of thiophene rings is 1. The van der Waals surface area contributed by atoms with E-state index in [4.69, 9.17) is 21.3 Å². The second kappa shape index (κ2) is 10.4. The number of benzene rings is 1. The number of rotatable bonds is 7. The van der Waals surface area contributed by atoms with E-state index in [0.717, 1.165) is 33.0 Å². The summed E-state index contributed by atoms with van der Waals surface area (Å²) in [6.45, 7) is 0.814. The first-order valence-corrected chi connectivity index (χ1v) is 14.7. The van der Waals surface area contributed by atoms with Gasteiger partial charge in [0.15, 0.2) is 5.13 Å². The molecule has 1 saturated heterocycles. The van der Waals surface area contributed by atoms with Crippen molar-refractivity contribution >= 4 is 65.6 Å². The maximum atomic E-state index is 13.8. The summed E-state index contributed by atoms with van der Waals surface area (Å²) < 4.78 is 34.3. The molecule has 4 aromatic rings. The summed E-state index contributed by atoms with van der Waals surface area (Å²) in [4.78, 5) is 24.6. The van der Waals surface area contributed by atoms with Crippen LogP contribution < -0.4 is 9.64 Å². The predicted molar refractivity (Wildman–Crippen MR) is 142 cm³/mol. The SMILES string of the molecule is COc1ccc2nc(N(Cc3ccccn3)C(=O)C3CCN(S(=O)(=O)c4ccc(Cl)s4)CC3)sc2c1. The van der Waals surface area contributed by atoms with Crippen LogP contribution in [0.2, 0.25) is 4.34 Å². The van der Waals surface area contributed by atoms with Crippen molar-refractivity contribution in [2.24, 2.45) is 5.92 Å². The van der Waals surface area contributed by atoms with Crippen LogP contribution in [0, 0.1) is 5.92 Å². The number of ether oxygens (including phenoxy) is 1. The molecule has 36 heavy (non-hydrogen) atoms. The van der Waals surface area contributed by atoms with Gasteiger partial charge in [0.05, 0.1) is 33.9 Å². The van der Waals surface area contributed by atoms with Crippen LogP contribution in [0.3, 0.4) is 0 Å². The van der Waals surface area contributed by atoms with Gasteiger partial charge in [-0.15, -0.1) is 11.3 Å². The fourth-order valence-corrected chi connectivity index (χ4v) is 8.26. The molecule has 1 amide bonds. The largest absolute Gasteiger partial charge is 0.497 e. The standard InChI is InChI=1S/C24H23ClN4O4S3/c1-33-18-5-6-19-20(14-18)34-24(27-19)29(15-17-4-2-3-11-26-17)23(30)16-9-12-28(13-10-16)36(31,32)22-8-7-21(25)35-22/h2-8,11,14,16H,9-10,12-13,15H2,1H3. The molecule has 5 rings (SSSR count). The minimum absolute atomic E-state index is 0.0807. The average molecular weight is 563 g/mol. The Kier molecular flexibility index (Phi) is 7.27. The van der Waals surface area contributed by atoms with Gasteiger partial charge in [-0.2, -0.15) is 4.31 Å². The van der Waals surface area contributed by atoms with Crippen LogP contribution in [0.4, 0.5) is 5.13 Å². The molecule has 0 bridgehead atoms. The zero-order chi connectivity index (χ0) is 25.3. The number of hydrogen-bond donors (Lipinski definition) is 0. The Balaban J connectivity index is 1.38. The molecule has 0 aliphatic carbocycles. The molecule has 0 radical (unpaired) electrons. The van der Waals surface area contributed by atoms with E-state index < -0.39 is 10.0 Å². The first-order valence-electron chi connectivity index (χ1n) is 11.3. The number of piperidine rings is 1. The number of nitrogens with zero attached hydrogens (tertiary/aromatic N) is 4. The highest BCUT2D eigenvalue weighted by Gasteiger charge is 2.35. The molecule has 0 atom stereocenters. The molecule has 0 unspecified atom stereocenters. The Bertz CT molecular complexity index is 1480. The Morgan fingerprint density at radius 3 is 2.64 bits per heavy atom. The second-order valence-electron chi connectivity index (χ2n) is 8.31. The third-order valence-electron chi connectivity index (χ3n) is 6.07. The number of thiazole rings is 1. The zero-order valence-corrected chi connectivity index (χ0v) is 22.5. The van der Waals surface area contributed by atoms with Gasteiger partial charge in [-0.1, -0.05) is 29.0 Å². The third kappa shape index (κ3) is 5.12. The number of anilines is 1. The molecule has 0 saturated carbocycles. The topological polar surface area (TPSA) is 92.7 Å². The number of carbonyl (C=O) groups excluding carboxylic acids is 1. The molecule has 1 aliphatic rings. The van der Waals surface area contributed by atoms with E-state index in [9.17, 15) is 13.2 Å². The fraction of sp³-hybridized carbons (Fsp3) is 0.292. The maximum absolute atomic E-state index is 13.8. The first-order chi connectivity index (χ1) is 17.3. The van der Waals surface area contributed by atoms with Gasteiger partial charge >= 0.3 is 0 Å². The predicted octanol–water partition coefficient (Wildman–Crippen LogP) is 5.05. The zero-order valence-electron chi connectivity index (χ0n) is 19.3. The van der Waals surface area contributed by atoms with E-state index in [1.807, 2.05) is 36.4 Å². The van der Waals surface area contributed by atoms with Gasteiger partial charge in [0.1, 0.15) is 9.96 Å². The van der Waals surface area contributed by atoms with Gasteiger partial charge in [-0.25, -0.2) is 13.4 Å². The molecule has 188 valence electrons. The molecular formula is C24H23ClN4O4S3. The van der Waals surface area contributed by atoms with Crippen LogP contribution in [0.15, 0.2) is 58.9 Å². The first kappa shape index (κ1) is 25.1. The number of pyridine rings is 1. The van der Waals surface area contributed by atoms with Gasteiger partial charge in [-0.3, -0.25) is 14.7 Å². The molecule has 12 heteroatoms. The van der Waals surface area contributed by atoms with Gasteiger partial charge in [0.2, 0.25) is 5.91 Å². The van der Waals surface area contributed by atoms with Crippen molar-refractivity contribution in [3.05, 3.63) is 64.8 Å². The van der Waals surface area contributed by atoms with E-state index in [2.05, 4.69) is 4.98 Å². The van der Waals surface area contributed by atoms with Crippen LogP contribution in [-0.2, 0) is 21.4 Å². The van der Waals surface area contributed by atoms with E-state index in [-0.39, 0.29) is 35.7 Å². The van der Waals surface area contributed by atoms with Crippen molar-refractivity contribution in [3.8, 4) is 5.75 Å². The molecule has 0 N–H and O–H groups in total. The number of aromatic nitrogens is 2. The minimum atomic E-state index is -3.62. The number of halogens is 1. The summed E-state index contributed by atoms with van der Waals surface area (Å²) in [5.41, 5.74) is 1.53. The van der Waals surface area contributed by atoms with Crippen LogP contribution in [0.5, 0.6) is 5.75 Å². The van der Waals surface area contributed by atoms with Crippen molar-refractivity contribution in [1.29, 1.82) is 0 Å². The number of amides is 1. The van der Waals surface area contributed by atoms with E-state index >= 15 is 0 Å². The van der Waals surface area contributed by atoms with Gasteiger partial charge in [-0.05, 0) is 55.3 Å². The van der Waals surface area contributed by atoms with Crippen LogP contribution >= 0.6 is 34.3 Å². The average Bonchev–Trinajstić information content (AvgIpc) is 3.53. The Labute approximate surface area is 222 Å². The summed E-state index contributed by atoms with van der Waals surface area (Å²) in [6.07, 6.45) is 2.55. The number of fused-ring (bicyclic) bond motifs is 1. The molecule has 1 aromatic carbocycles. The third-order valence-corrected chi connectivity index (χ3v) is 10.7. The summed E-state index contributed by atoms with van der Waals surface area (Å²) in [6, 6.07) is 14.3. The number of carbonyl (C=O) groups is 1. The summed E-state index contributed by atoms with van der Waals surface area (Å²) in [7, 11) is -2.01. The van der Waals surface area contributed by atoms with Crippen molar-refractivity contribution in [2.45, 2.75) is 23.6 Å². The number of methoxy groups -OCH3 is 1. The number of sulfonamides is 1. The smallest absolute Gasteiger partial charge is 0.252 e. The highest BCUT2D eigenvalue weighted by molar-refractivity contribution is 7.91. The van der Waals surface area contributed by atoms with Crippen molar-refractivity contribution in [2.75, 3.05) is 25.1 Å². The lowest BCUT2D eigenvalue weighted by Crippen LogP contribution is -2.44. The molecule has 0 spiro atoms. The quantitative estimate of drug-likeness (QED) is 0.313. The molecule has 8 nitrogen and oxygen atoms in total. The summed E-state index contributed by atoms with van der Waals surface area (Å²) in [5.74, 6) is 0.317. The van der Waals surface area contributed by atoms with Gasteiger partial charge < -0.3 is 4.74 Å². The van der Waals surface area contributed by atoms with Crippen LogP contribution in [-0.4, -0.2) is 48.8 Å². The highest BCUT2D eigenvalue weighted by Crippen LogP contribution is 2.35. The van der Waals surface area contributed by atoms with Crippen molar-refractivity contribution < 1.29 is 17.9 Å². The van der Waals surface area contributed by atoms with Crippen molar-refractivity contribution in [3.63, 3.8) is 0 Å². The van der Waals surface area contributed by atoms with E-state index in [0.29, 0.717) is 22.3 Å². The summed E-state index contributed by atoms with van der Waals surface area (Å²) >= 11 is 8.41. The van der Waals surface area contributed by atoms with Gasteiger partial charge in [0.25, 0.3) is 10.0 Å². The molecule has 1 aliphatic heterocycles. The highest BCUT2D eigenvalue weighted by atomic mass is 35.5. The van der Waals surface area contributed by atoms with Crippen LogP contribution in [0.25, 0.3) is 10.2 Å². The number of hydrogen-bond acceptors (Lipinski definition) is 8. The lowest BCUT2D eigenvalue weighted by atomic mass is 9.96. The maximum Gasteiger partial charge on any atom is 0.252 e. The Morgan fingerprint density at radius 2 is 1.97 bits per heavy atom. The van der Waals surface area contributed by atoms with Gasteiger partial charge in [0, 0.05) is 25.2 Å². The molecule has 4 heterocycles. The summed E-state index contributed by atoms with van der Waals surface area (Å²) in [5, 5.41) is 0.581. The molecule has 3 aromatic heterocycles. The van der Waals surface area contributed by atoms with E-state index in [1.165, 1.54) is 21.7 Å². The molecular weight excluding hydrogens is 540 g/mol. The fourth-order valence-electron chi connectivity index (χ4n) is 4.16. The minimum Gasteiger partial charge on any atom is -0.497 e. The lowest BCUT2D eigenvalue weighted by molar-refractivity contribution is -0.123. The molecule has 1 fully saturated rings. The monoisotopic (exact) mass is 562 g/mol. The lowest BCUT2D eigenvalue weighted by Gasteiger charge is -2.32. The van der Waals surface area contributed by atoms with E-state index in [1.54, 1.807) is 24.3 Å². The Hall–Kier alpha value is -2.57.